The van der Waals surface area contributed by atoms with Crippen LogP contribution in [0.1, 0.15) is 39.9 Å². The van der Waals surface area contributed by atoms with Crippen molar-refractivity contribution in [3.05, 3.63) is 404 Å². The Morgan fingerprint density at radius 2 is 0.544 bits per heavy atom. The van der Waals surface area contributed by atoms with Crippen LogP contribution in [0.2, 0.25) is 0 Å². The van der Waals surface area contributed by atoms with E-state index in [1.54, 1.807) is 12.4 Å². The molecule has 0 saturated heterocycles. The molecule has 0 fully saturated rings. The Hall–Kier alpha value is -15.0. The van der Waals surface area contributed by atoms with Crippen molar-refractivity contribution in [3.8, 4) is 125 Å². The highest BCUT2D eigenvalue weighted by molar-refractivity contribution is 6.25. The van der Waals surface area contributed by atoms with Crippen molar-refractivity contribution in [1.82, 2.24) is 64.8 Å². The zero-order valence-corrected chi connectivity index (χ0v) is 63.7. The molecule has 19 aromatic rings. The summed E-state index contributed by atoms with van der Waals surface area (Å²) in [5.41, 5.74) is 22.3. The normalized spacial score (nSPS) is 11.0. The van der Waals surface area contributed by atoms with Gasteiger partial charge in [0.2, 0.25) is 0 Å². The van der Waals surface area contributed by atoms with Crippen LogP contribution in [-0.4, -0.2) is 64.8 Å². The zero-order valence-electron chi connectivity index (χ0n) is 63.7. The minimum absolute atomic E-state index is 0.700. The highest BCUT2D eigenvalue weighted by Crippen LogP contribution is 2.40. The molecule has 13 heteroatoms. The Morgan fingerprint density at radius 1 is 0.193 bits per heavy atom. The Morgan fingerprint density at radius 3 is 1.00 bits per heavy atom. The summed E-state index contributed by atoms with van der Waals surface area (Å²) in [6.45, 7) is 9.82. The van der Waals surface area contributed by atoms with Crippen LogP contribution in [0, 0.1) is 34.6 Å². The predicted molar refractivity (Wildman–Crippen MR) is 462 cm³/mol. The summed E-state index contributed by atoms with van der Waals surface area (Å²) in [5, 5.41) is 7.50. The molecule has 1 aliphatic rings. The molecule has 0 spiro atoms. The number of benzene rings is 12. The average molecular weight is 1470 g/mol. The molecule has 0 bridgehead atoms. The van der Waals surface area contributed by atoms with E-state index in [2.05, 4.69) is 207 Å². The fourth-order valence-electron chi connectivity index (χ4n) is 14.0. The van der Waals surface area contributed by atoms with Gasteiger partial charge in [0, 0.05) is 62.6 Å². The summed E-state index contributed by atoms with van der Waals surface area (Å²) in [4.78, 5) is 59.4. The molecule has 0 N–H and O–H groups in total. The topological polar surface area (TPSA) is 168 Å². The summed E-state index contributed by atoms with van der Waals surface area (Å²) in [6, 6.07) is 119. The zero-order chi connectivity index (χ0) is 77.5. The van der Waals surface area contributed by atoms with Gasteiger partial charge in [-0.25, -0.2) is 54.8 Å². The largest absolute Gasteiger partial charge is 0.255 e. The second kappa shape index (κ2) is 34.3. The van der Waals surface area contributed by atoms with E-state index < -0.39 is 0 Å². The summed E-state index contributed by atoms with van der Waals surface area (Å²) in [7, 11) is 0. The maximum atomic E-state index is 4.80. The van der Waals surface area contributed by atoms with E-state index in [0.29, 0.717) is 23.3 Å². The van der Waals surface area contributed by atoms with Crippen LogP contribution in [0.25, 0.3) is 157 Å². The number of rotatable bonds is 10. The van der Waals surface area contributed by atoms with E-state index in [1.807, 2.05) is 234 Å². The monoisotopic (exact) mass is 1470 g/mol. The van der Waals surface area contributed by atoms with Gasteiger partial charge < -0.3 is 0 Å². The third-order valence-electron chi connectivity index (χ3n) is 19.4. The van der Waals surface area contributed by atoms with Gasteiger partial charge in [0.05, 0.1) is 39.9 Å². The van der Waals surface area contributed by atoms with Gasteiger partial charge in [0.1, 0.15) is 17.5 Å². The molecule has 114 heavy (non-hydrogen) atoms. The van der Waals surface area contributed by atoms with E-state index in [4.69, 9.17) is 9.97 Å². The van der Waals surface area contributed by atoms with E-state index in [1.165, 1.54) is 54.6 Å². The van der Waals surface area contributed by atoms with Crippen LogP contribution >= 0.6 is 0 Å². The number of pyridine rings is 3. The highest BCUT2D eigenvalue weighted by atomic mass is 15.0. The molecule has 13 nitrogen and oxygen atoms in total. The molecule has 7 heterocycles. The Balaban J connectivity index is 0.000000109. The smallest absolute Gasteiger partial charge is 0.163 e. The number of nitrogens with zero attached hydrogens (tertiary/aromatic N) is 13. The van der Waals surface area contributed by atoms with Crippen LogP contribution in [0.5, 0.6) is 0 Å². The summed E-state index contributed by atoms with van der Waals surface area (Å²) in [5.74, 6) is 5.86. The van der Waals surface area contributed by atoms with Crippen LogP contribution < -0.4 is 0 Å². The van der Waals surface area contributed by atoms with Crippen molar-refractivity contribution in [2.45, 2.75) is 41.0 Å². The molecule has 0 saturated carbocycles. The van der Waals surface area contributed by atoms with Crippen LogP contribution in [0.15, 0.2) is 364 Å². The van der Waals surface area contributed by atoms with Gasteiger partial charge in [-0.2, -0.15) is 0 Å². The molecule has 546 valence electrons. The Kier molecular flexibility index (Phi) is 22.0. The van der Waals surface area contributed by atoms with Gasteiger partial charge in [-0.15, -0.1) is 0 Å². The minimum atomic E-state index is 0.700. The molecule has 0 aliphatic heterocycles. The fraction of sp³-hybridized carbons (Fsp3) is 0.0594. The molecular weight excluding hydrogens is 1400 g/mol. The van der Waals surface area contributed by atoms with Crippen LogP contribution in [0.3, 0.4) is 0 Å². The molecule has 0 radical (unpaired) electrons. The second-order valence-electron chi connectivity index (χ2n) is 27.6. The standard InChI is InChI=1S/C28H19N3.C23H17N3.2C17H14N2.C16H13N3/c1-18-29-27(19-9-3-2-4-10-19)31-28(30-18)20-15-16-25-23-13-6-5-11-21(23)22-12-7-8-14-24(22)26(25)17-20;1-15-24-22(16-7-3-2-4-8-16)26-23(25-15)19-12-11-18-13-17-9-5-6-10-20(17)21(18)14-19;1-13-18-16(14-8-4-2-5-9-14)12-17(19-13)15-10-6-3-7-11-15;1-13-12-16(14-8-4-2-5-9-14)19-17(18-13)15-10-6-3-7-11-15;1-12-10-15(13-6-2-4-8-17-13)19-16(11-12)14-7-3-5-9-18-14/h2-17H,1H3;2-12,14H,13H2,1H3;2*2-12H,1H3;2-11H,1H3. The van der Waals surface area contributed by atoms with Crippen molar-refractivity contribution in [2.24, 2.45) is 0 Å². The first-order chi connectivity index (χ1) is 56.0. The Labute approximate surface area is 662 Å². The SMILES string of the molecule is Cc1cc(-c2ccccc2)nc(-c2ccccc2)n1.Cc1cc(-c2ccccn2)nc(-c2ccccn2)c1.Cc1nc(-c2ccccc2)cc(-c2ccccc2)n1.Cc1nc(-c2ccccc2)nc(-c2ccc3c(c2)-c2ccccc2C3)n1.Cc1nc(-c2ccccc2)nc(-c2ccc3c4ccccc4c4ccccc4c3c2)n1. The fourth-order valence-corrected chi connectivity index (χ4v) is 14.0. The van der Waals surface area contributed by atoms with E-state index >= 15 is 0 Å². The summed E-state index contributed by atoms with van der Waals surface area (Å²) in [6.07, 6.45) is 4.55. The van der Waals surface area contributed by atoms with E-state index in [0.717, 1.165) is 125 Å². The van der Waals surface area contributed by atoms with Crippen molar-refractivity contribution in [1.29, 1.82) is 0 Å². The maximum Gasteiger partial charge on any atom is 0.163 e. The number of fused-ring (bicyclic) bond motifs is 9. The van der Waals surface area contributed by atoms with Gasteiger partial charge in [-0.1, -0.05) is 291 Å². The molecule has 7 aromatic heterocycles. The van der Waals surface area contributed by atoms with Gasteiger partial charge in [-0.3, -0.25) is 9.97 Å². The first-order valence-electron chi connectivity index (χ1n) is 37.9. The second-order valence-corrected chi connectivity index (χ2v) is 27.6. The number of hydrogen-bond acceptors (Lipinski definition) is 13. The lowest BCUT2D eigenvalue weighted by Gasteiger charge is -2.12. The lowest BCUT2D eigenvalue weighted by atomic mass is 9.93. The molecule has 20 rings (SSSR count). The van der Waals surface area contributed by atoms with Gasteiger partial charge in [-0.05, 0) is 162 Å². The highest BCUT2D eigenvalue weighted by Gasteiger charge is 2.21. The third kappa shape index (κ3) is 17.2. The number of aryl methyl sites for hydroxylation is 5. The molecule has 1 aliphatic carbocycles. The Bertz CT molecular complexity index is 6040. The van der Waals surface area contributed by atoms with E-state index in [9.17, 15) is 0 Å². The quantitative estimate of drug-likeness (QED) is 0.119. The number of hydrogen-bond donors (Lipinski definition) is 0. The lowest BCUT2D eigenvalue weighted by Crippen LogP contribution is -1.99. The predicted octanol–water partition coefficient (Wildman–Crippen LogP) is 23.8. The first-order valence-corrected chi connectivity index (χ1v) is 37.9. The molecule has 0 amide bonds. The minimum Gasteiger partial charge on any atom is -0.255 e. The van der Waals surface area contributed by atoms with Crippen LogP contribution in [0.4, 0.5) is 0 Å². The maximum absolute atomic E-state index is 4.80. The molecular formula is C101H77N13. The lowest BCUT2D eigenvalue weighted by molar-refractivity contribution is 0.991. The first kappa shape index (κ1) is 73.2. The molecule has 0 atom stereocenters. The van der Waals surface area contributed by atoms with Gasteiger partial charge >= 0.3 is 0 Å². The van der Waals surface area contributed by atoms with Gasteiger partial charge in [0.25, 0.3) is 0 Å². The van der Waals surface area contributed by atoms with Crippen molar-refractivity contribution in [2.75, 3.05) is 0 Å². The van der Waals surface area contributed by atoms with Crippen LogP contribution in [-0.2, 0) is 6.42 Å². The van der Waals surface area contributed by atoms with E-state index in [-0.39, 0.29) is 0 Å². The van der Waals surface area contributed by atoms with Crippen molar-refractivity contribution >= 4 is 32.3 Å². The summed E-state index contributed by atoms with van der Waals surface area (Å²) < 4.78 is 0. The third-order valence-corrected chi connectivity index (χ3v) is 19.4. The van der Waals surface area contributed by atoms with Crippen molar-refractivity contribution in [3.63, 3.8) is 0 Å². The summed E-state index contributed by atoms with van der Waals surface area (Å²) >= 11 is 0. The average Bonchev–Trinajstić information content (AvgIpc) is 0.754. The molecule has 12 aromatic carbocycles. The van der Waals surface area contributed by atoms with Gasteiger partial charge in [0.15, 0.2) is 29.1 Å². The number of aromatic nitrogens is 13. The molecule has 0 unspecified atom stereocenters. The van der Waals surface area contributed by atoms with Crippen molar-refractivity contribution < 1.29 is 0 Å².